The molecule has 3 rings (SSSR count). The molecule has 2 aromatic carbocycles. The molecule has 0 aliphatic carbocycles. The Morgan fingerprint density at radius 3 is 2.48 bits per heavy atom. The number of nitrogens with one attached hydrogen (secondary N) is 1. The van der Waals surface area contributed by atoms with Gasteiger partial charge in [0.2, 0.25) is 0 Å². The number of rotatable bonds is 5. The molecule has 8 heteroatoms. The van der Waals surface area contributed by atoms with Crippen LogP contribution in [0, 0.1) is 13.8 Å². The van der Waals surface area contributed by atoms with Gasteiger partial charge in [-0.1, -0.05) is 41.4 Å². The largest absolute Gasteiger partial charge is 0.350 e. The minimum atomic E-state index is -0.442. The Hall–Kier alpha value is -2.41. The smallest absolute Gasteiger partial charge is 0.281 e. The fourth-order valence-electron chi connectivity index (χ4n) is 3.07. The van der Waals surface area contributed by atoms with E-state index in [1.165, 1.54) is 17.4 Å². The third-order valence-corrected chi connectivity index (χ3v) is 6.40. The first-order chi connectivity index (χ1) is 14.7. The topological polar surface area (TPSA) is 63.5 Å². The lowest BCUT2D eigenvalue weighted by Crippen LogP contribution is -2.31. The van der Waals surface area contributed by atoms with Crippen LogP contribution in [-0.4, -0.2) is 22.4 Å². The lowest BCUT2D eigenvalue weighted by Gasteiger charge is -2.14. The number of carbonyl (C=O) groups excluding carboxylic acids is 2. The second-order valence-corrected chi connectivity index (χ2v) is 9.46. The van der Waals surface area contributed by atoms with Crippen LogP contribution in [0.1, 0.15) is 50.7 Å². The molecule has 0 atom stereocenters. The quantitative estimate of drug-likeness (QED) is 0.536. The average molecular weight is 476 g/mol. The Morgan fingerprint density at radius 2 is 1.81 bits per heavy atom. The lowest BCUT2D eigenvalue weighted by atomic mass is 10.1. The summed E-state index contributed by atoms with van der Waals surface area (Å²) in [6, 6.07) is 12.2. The molecular formula is C23H23Cl2N3O2S. The van der Waals surface area contributed by atoms with Crippen molar-refractivity contribution in [2.24, 2.45) is 4.99 Å². The molecule has 1 aromatic heterocycles. The third kappa shape index (κ3) is 5.45. The Bertz CT molecular complexity index is 1210. The number of thiazole rings is 1. The molecule has 3 aromatic rings. The fraction of sp³-hybridized carbons (Fsp3) is 0.261. The van der Waals surface area contributed by atoms with E-state index in [1.807, 2.05) is 50.5 Å². The predicted molar refractivity (Wildman–Crippen MR) is 126 cm³/mol. The molecule has 0 fully saturated rings. The molecule has 0 radical (unpaired) electrons. The number of halogens is 2. The summed E-state index contributed by atoms with van der Waals surface area (Å²) in [6.45, 7) is 8.21. The van der Waals surface area contributed by atoms with Crippen LogP contribution in [0.5, 0.6) is 0 Å². The maximum absolute atomic E-state index is 12.8. The van der Waals surface area contributed by atoms with E-state index in [0.29, 0.717) is 21.9 Å². The number of hydrogen-bond acceptors (Lipinski definition) is 3. The van der Waals surface area contributed by atoms with Gasteiger partial charge in [0.05, 0.1) is 17.1 Å². The zero-order chi connectivity index (χ0) is 22.7. The Kier molecular flexibility index (Phi) is 7.36. The van der Waals surface area contributed by atoms with Gasteiger partial charge in [0.1, 0.15) is 0 Å². The molecule has 2 amide bonds. The highest BCUT2D eigenvalue weighted by atomic mass is 35.5. The zero-order valence-electron chi connectivity index (χ0n) is 17.7. The first-order valence-electron chi connectivity index (χ1n) is 9.77. The number of aromatic nitrogens is 1. The maximum atomic E-state index is 12.8. The summed E-state index contributed by atoms with van der Waals surface area (Å²) in [5.41, 5.74) is 2.72. The number of hydrogen-bond donors (Lipinski definition) is 1. The van der Waals surface area contributed by atoms with Crippen molar-refractivity contribution in [2.45, 2.75) is 40.3 Å². The molecule has 0 saturated carbocycles. The summed E-state index contributed by atoms with van der Waals surface area (Å²) < 4.78 is 1.95. The highest BCUT2D eigenvalue weighted by molar-refractivity contribution is 7.09. The van der Waals surface area contributed by atoms with Crippen molar-refractivity contribution in [3.8, 4) is 0 Å². The Balaban J connectivity index is 2.03. The number of nitrogens with zero attached hydrogens (tertiary/aromatic N) is 2. The third-order valence-electron chi connectivity index (χ3n) is 4.76. The molecule has 1 N–H and O–H groups in total. The van der Waals surface area contributed by atoms with Crippen molar-refractivity contribution < 1.29 is 9.59 Å². The van der Waals surface area contributed by atoms with E-state index in [2.05, 4.69) is 10.3 Å². The molecule has 31 heavy (non-hydrogen) atoms. The summed E-state index contributed by atoms with van der Waals surface area (Å²) in [7, 11) is 0. The number of amides is 2. The summed E-state index contributed by atoms with van der Waals surface area (Å²) in [5.74, 6) is -0.569. The molecule has 0 saturated heterocycles. The second kappa shape index (κ2) is 9.81. The number of aryl methyl sites for hydroxylation is 1. The summed E-state index contributed by atoms with van der Waals surface area (Å²) >= 11 is 13.5. The molecule has 162 valence electrons. The minimum absolute atomic E-state index is 0.0330. The number of benzene rings is 2. The van der Waals surface area contributed by atoms with Crippen molar-refractivity contribution >= 4 is 46.4 Å². The van der Waals surface area contributed by atoms with Crippen LogP contribution >= 0.6 is 34.5 Å². The standard InChI is InChI=1S/C23H23Cl2N3O2S/c1-13(2)26-21(29)18-8-6-5-7-16(18)12-28-14(3)15(4)31-23(28)27-22(30)19-10-9-17(24)11-20(19)25/h5-11,13H,12H2,1-4H3,(H,26,29). The maximum Gasteiger partial charge on any atom is 0.281 e. The highest BCUT2D eigenvalue weighted by Gasteiger charge is 2.16. The monoisotopic (exact) mass is 475 g/mol. The Morgan fingerprint density at radius 1 is 1.10 bits per heavy atom. The molecule has 0 aliphatic heterocycles. The van der Waals surface area contributed by atoms with Crippen molar-refractivity contribution in [3.05, 3.63) is 84.6 Å². The average Bonchev–Trinajstić information content (AvgIpc) is 2.95. The highest BCUT2D eigenvalue weighted by Crippen LogP contribution is 2.22. The normalized spacial score (nSPS) is 11.8. The van der Waals surface area contributed by atoms with Crippen LogP contribution in [0.4, 0.5) is 0 Å². The van der Waals surface area contributed by atoms with E-state index in [0.717, 1.165) is 16.1 Å². The molecular weight excluding hydrogens is 453 g/mol. The van der Waals surface area contributed by atoms with Crippen molar-refractivity contribution in [1.82, 2.24) is 9.88 Å². The van der Waals surface area contributed by atoms with Gasteiger partial charge in [-0.3, -0.25) is 9.59 Å². The SMILES string of the molecule is Cc1sc(=NC(=O)c2ccc(Cl)cc2Cl)n(Cc2ccccc2C(=O)NC(C)C)c1C. The Labute approximate surface area is 195 Å². The van der Waals surface area contributed by atoms with E-state index in [4.69, 9.17) is 23.2 Å². The molecule has 0 spiro atoms. The van der Waals surface area contributed by atoms with E-state index in [1.54, 1.807) is 18.2 Å². The van der Waals surface area contributed by atoms with E-state index >= 15 is 0 Å². The second-order valence-electron chi connectivity index (χ2n) is 7.44. The first kappa shape index (κ1) is 23.3. The van der Waals surface area contributed by atoms with Gasteiger partial charge in [0, 0.05) is 27.2 Å². The van der Waals surface area contributed by atoms with Crippen LogP contribution in [-0.2, 0) is 6.54 Å². The minimum Gasteiger partial charge on any atom is -0.350 e. The first-order valence-corrected chi connectivity index (χ1v) is 11.3. The molecule has 5 nitrogen and oxygen atoms in total. The van der Waals surface area contributed by atoms with Gasteiger partial charge < -0.3 is 9.88 Å². The van der Waals surface area contributed by atoms with Crippen LogP contribution in [0.2, 0.25) is 10.0 Å². The molecule has 0 aliphatic rings. The van der Waals surface area contributed by atoms with Crippen LogP contribution in [0.25, 0.3) is 0 Å². The van der Waals surface area contributed by atoms with E-state index in [-0.39, 0.29) is 22.5 Å². The van der Waals surface area contributed by atoms with Crippen molar-refractivity contribution in [3.63, 3.8) is 0 Å². The lowest BCUT2D eigenvalue weighted by molar-refractivity contribution is 0.0940. The van der Waals surface area contributed by atoms with Gasteiger partial charge in [-0.05, 0) is 57.5 Å². The summed E-state index contributed by atoms with van der Waals surface area (Å²) in [5, 5.41) is 3.65. The zero-order valence-corrected chi connectivity index (χ0v) is 20.0. The number of carbonyl (C=O) groups is 2. The van der Waals surface area contributed by atoms with Crippen molar-refractivity contribution in [2.75, 3.05) is 0 Å². The van der Waals surface area contributed by atoms with Crippen LogP contribution < -0.4 is 10.1 Å². The molecule has 1 heterocycles. The summed E-state index contributed by atoms with van der Waals surface area (Å²) in [4.78, 5) is 31.4. The van der Waals surface area contributed by atoms with Gasteiger partial charge in [-0.2, -0.15) is 4.99 Å². The van der Waals surface area contributed by atoms with Crippen molar-refractivity contribution in [1.29, 1.82) is 0 Å². The van der Waals surface area contributed by atoms with Gasteiger partial charge in [0.15, 0.2) is 4.80 Å². The fourth-order valence-corrected chi connectivity index (χ4v) is 4.53. The van der Waals surface area contributed by atoms with Gasteiger partial charge in [-0.15, -0.1) is 11.3 Å². The molecule has 0 bridgehead atoms. The molecule has 0 unspecified atom stereocenters. The van der Waals surface area contributed by atoms with Gasteiger partial charge in [0.25, 0.3) is 11.8 Å². The van der Waals surface area contributed by atoms with Crippen LogP contribution in [0.3, 0.4) is 0 Å². The van der Waals surface area contributed by atoms with E-state index < -0.39 is 5.91 Å². The predicted octanol–water partition coefficient (Wildman–Crippen LogP) is 5.40. The summed E-state index contributed by atoms with van der Waals surface area (Å²) in [6.07, 6.45) is 0. The van der Waals surface area contributed by atoms with Gasteiger partial charge in [-0.25, -0.2) is 0 Å². The van der Waals surface area contributed by atoms with Gasteiger partial charge >= 0.3 is 0 Å². The van der Waals surface area contributed by atoms with E-state index in [9.17, 15) is 9.59 Å². The van der Waals surface area contributed by atoms with Crippen LogP contribution in [0.15, 0.2) is 47.5 Å².